The Balaban J connectivity index is 1.68. The summed E-state index contributed by atoms with van der Waals surface area (Å²) in [5.41, 5.74) is 0. The number of aromatic nitrogens is 2. The molecular formula is C15H9Br2N3O4S. The number of hydrogen-bond donors (Lipinski definition) is 0. The fourth-order valence-corrected chi connectivity index (χ4v) is 3.81. The highest BCUT2D eigenvalue weighted by Gasteiger charge is 2.19. The number of nitro groups is 1. The monoisotopic (exact) mass is 485 g/mol. The second kappa shape index (κ2) is 7.46. The minimum atomic E-state index is -0.564. The van der Waals surface area contributed by atoms with E-state index < -0.39 is 4.92 Å². The van der Waals surface area contributed by atoms with E-state index >= 15 is 0 Å². The van der Waals surface area contributed by atoms with E-state index in [-0.39, 0.29) is 18.1 Å². The van der Waals surface area contributed by atoms with Crippen molar-refractivity contribution in [2.75, 3.05) is 0 Å². The minimum Gasteiger partial charge on any atom is -0.460 e. The standard InChI is InChI=1S/C15H9Br2N3O4S/c16-9-5-14(25-8-9)13(21)4-3-10-1-2-11(24-10)6-19-7-12(17)15(18-19)20(22)23/h1-5,7-8H,6H2/b4-3+. The van der Waals surface area contributed by atoms with Crippen molar-refractivity contribution >= 4 is 60.9 Å². The average molecular weight is 487 g/mol. The van der Waals surface area contributed by atoms with Crippen LogP contribution in [0.5, 0.6) is 0 Å². The smallest absolute Gasteiger partial charge is 0.404 e. The van der Waals surface area contributed by atoms with E-state index in [1.165, 1.54) is 28.3 Å². The first-order chi connectivity index (χ1) is 11.9. The van der Waals surface area contributed by atoms with Crippen molar-refractivity contribution in [2.45, 2.75) is 6.54 Å². The number of nitrogens with zero attached hydrogens (tertiary/aromatic N) is 3. The summed E-state index contributed by atoms with van der Waals surface area (Å²) in [6.07, 6.45) is 4.53. The molecule has 0 amide bonds. The number of rotatable bonds is 6. The molecule has 0 spiro atoms. The van der Waals surface area contributed by atoms with Gasteiger partial charge in [0.1, 0.15) is 22.5 Å². The lowest BCUT2D eigenvalue weighted by Crippen LogP contribution is -2.00. The third-order valence-electron chi connectivity index (χ3n) is 3.08. The van der Waals surface area contributed by atoms with Crippen LogP contribution in [-0.4, -0.2) is 20.5 Å². The molecule has 0 saturated heterocycles. The normalized spacial score (nSPS) is 11.3. The highest BCUT2D eigenvalue weighted by molar-refractivity contribution is 9.10. The molecule has 0 fully saturated rings. The predicted octanol–water partition coefficient (Wildman–Crippen LogP) is 4.92. The van der Waals surface area contributed by atoms with Gasteiger partial charge in [0.25, 0.3) is 0 Å². The van der Waals surface area contributed by atoms with Crippen LogP contribution in [0.15, 0.2) is 49.2 Å². The van der Waals surface area contributed by atoms with Crippen LogP contribution >= 0.6 is 43.2 Å². The molecule has 3 aromatic rings. The van der Waals surface area contributed by atoms with Crippen molar-refractivity contribution < 1.29 is 14.1 Å². The highest BCUT2D eigenvalue weighted by Crippen LogP contribution is 2.23. The Labute approximate surface area is 162 Å². The van der Waals surface area contributed by atoms with Crippen LogP contribution in [0, 0.1) is 10.1 Å². The molecule has 3 aromatic heterocycles. The summed E-state index contributed by atoms with van der Waals surface area (Å²) in [5, 5.41) is 16.5. The van der Waals surface area contributed by atoms with Gasteiger partial charge in [0.2, 0.25) is 0 Å². The number of thiophene rings is 1. The van der Waals surface area contributed by atoms with Gasteiger partial charge in [0, 0.05) is 9.85 Å². The van der Waals surface area contributed by atoms with Gasteiger partial charge in [-0.3, -0.25) is 4.79 Å². The maximum absolute atomic E-state index is 12.0. The third-order valence-corrected chi connectivity index (χ3v) is 5.35. The van der Waals surface area contributed by atoms with Crippen LogP contribution in [0.4, 0.5) is 5.82 Å². The first-order valence-corrected chi connectivity index (χ1v) is 9.31. The maximum Gasteiger partial charge on any atom is 0.404 e. The van der Waals surface area contributed by atoms with E-state index in [1.807, 2.05) is 5.38 Å². The Morgan fingerprint density at radius 2 is 2.24 bits per heavy atom. The van der Waals surface area contributed by atoms with Crippen LogP contribution in [-0.2, 0) is 6.54 Å². The first kappa shape index (κ1) is 17.8. The molecular weight excluding hydrogens is 478 g/mol. The number of ketones is 1. The van der Waals surface area contributed by atoms with Gasteiger partial charge >= 0.3 is 5.82 Å². The maximum atomic E-state index is 12.0. The predicted molar refractivity (Wildman–Crippen MR) is 99.8 cm³/mol. The highest BCUT2D eigenvalue weighted by atomic mass is 79.9. The molecule has 0 bridgehead atoms. The van der Waals surface area contributed by atoms with Gasteiger partial charge in [-0.05, 0) is 67.1 Å². The molecule has 128 valence electrons. The Morgan fingerprint density at radius 3 is 2.88 bits per heavy atom. The third kappa shape index (κ3) is 4.33. The summed E-state index contributed by atoms with van der Waals surface area (Å²) in [6.45, 7) is 0.242. The summed E-state index contributed by atoms with van der Waals surface area (Å²) >= 11 is 7.76. The Hall–Kier alpha value is -2.04. The summed E-state index contributed by atoms with van der Waals surface area (Å²) < 4.78 is 8.18. The van der Waals surface area contributed by atoms with E-state index in [4.69, 9.17) is 4.42 Å². The Kier molecular flexibility index (Phi) is 5.30. The quantitative estimate of drug-likeness (QED) is 0.213. The lowest BCUT2D eigenvalue weighted by Gasteiger charge is -1.92. The molecule has 0 aliphatic rings. The van der Waals surface area contributed by atoms with Crippen LogP contribution in [0.2, 0.25) is 0 Å². The molecule has 25 heavy (non-hydrogen) atoms. The lowest BCUT2D eigenvalue weighted by atomic mass is 10.3. The van der Waals surface area contributed by atoms with Gasteiger partial charge in [-0.1, -0.05) is 0 Å². The number of halogens is 2. The van der Waals surface area contributed by atoms with E-state index in [2.05, 4.69) is 37.0 Å². The molecule has 3 heterocycles. The SMILES string of the molecule is O=C(/C=C/c1ccc(Cn2cc(Br)c([N+](=O)[O-])n2)o1)c1cc(Br)cs1. The lowest BCUT2D eigenvalue weighted by molar-refractivity contribution is -0.390. The minimum absolute atomic E-state index is 0.111. The van der Waals surface area contributed by atoms with Crippen LogP contribution in [0.25, 0.3) is 6.08 Å². The topological polar surface area (TPSA) is 91.2 Å². The Morgan fingerprint density at radius 1 is 1.44 bits per heavy atom. The number of carbonyl (C=O) groups is 1. The van der Waals surface area contributed by atoms with Crippen LogP contribution in [0.3, 0.4) is 0 Å². The fourth-order valence-electron chi connectivity index (χ4n) is 2.00. The van der Waals surface area contributed by atoms with Gasteiger partial charge in [0.15, 0.2) is 5.78 Å². The van der Waals surface area contributed by atoms with Crippen molar-refractivity contribution in [2.24, 2.45) is 0 Å². The van der Waals surface area contributed by atoms with E-state index in [9.17, 15) is 14.9 Å². The molecule has 0 aromatic carbocycles. The fraction of sp³-hybridized carbons (Fsp3) is 0.0667. The molecule has 7 nitrogen and oxygen atoms in total. The number of allylic oxidation sites excluding steroid dienone is 1. The van der Waals surface area contributed by atoms with Crippen LogP contribution in [0.1, 0.15) is 21.2 Å². The van der Waals surface area contributed by atoms with Gasteiger partial charge in [0.05, 0.1) is 16.2 Å². The molecule has 0 radical (unpaired) electrons. The molecule has 0 aliphatic carbocycles. The van der Waals surface area contributed by atoms with Crippen LogP contribution < -0.4 is 0 Å². The van der Waals surface area contributed by atoms with E-state index in [0.717, 1.165) is 4.47 Å². The van der Waals surface area contributed by atoms with Crippen molar-refractivity contribution in [1.82, 2.24) is 9.78 Å². The van der Waals surface area contributed by atoms with Gasteiger partial charge in [-0.15, -0.1) is 11.3 Å². The zero-order valence-corrected chi connectivity index (χ0v) is 16.4. The molecule has 0 N–H and O–H groups in total. The van der Waals surface area contributed by atoms with Gasteiger partial charge in [-0.25, -0.2) is 0 Å². The van der Waals surface area contributed by atoms with E-state index in [0.29, 0.717) is 20.9 Å². The van der Waals surface area contributed by atoms with Crippen molar-refractivity contribution in [3.05, 3.63) is 71.3 Å². The Bertz CT molecular complexity index is 973. The summed E-state index contributed by atoms with van der Waals surface area (Å²) in [6, 6.07) is 5.21. The second-order valence-corrected chi connectivity index (χ2v) is 7.57. The van der Waals surface area contributed by atoms with Crippen molar-refractivity contribution in [1.29, 1.82) is 0 Å². The number of hydrogen-bond acceptors (Lipinski definition) is 6. The summed E-state index contributed by atoms with van der Waals surface area (Å²) in [5.74, 6) is 0.718. The molecule has 0 aliphatic heterocycles. The largest absolute Gasteiger partial charge is 0.460 e. The summed E-state index contributed by atoms with van der Waals surface area (Å²) in [7, 11) is 0. The first-order valence-electron chi connectivity index (χ1n) is 6.85. The zero-order valence-electron chi connectivity index (χ0n) is 12.4. The van der Waals surface area contributed by atoms with Crippen molar-refractivity contribution in [3.8, 4) is 0 Å². The van der Waals surface area contributed by atoms with E-state index in [1.54, 1.807) is 24.3 Å². The molecule has 10 heteroatoms. The van der Waals surface area contributed by atoms with Crippen molar-refractivity contribution in [3.63, 3.8) is 0 Å². The molecule has 0 unspecified atom stereocenters. The second-order valence-electron chi connectivity index (χ2n) is 4.89. The molecule has 0 saturated carbocycles. The zero-order chi connectivity index (χ0) is 18.0. The summed E-state index contributed by atoms with van der Waals surface area (Å²) in [4.78, 5) is 22.9. The van der Waals surface area contributed by atoms with Gasteiger partial charge < -0.3 is 14.5 Å². The number of carbonyl (C=O) groups excluding carboxylic acids is 1. The van der Waals surface area contributed by atoms with Gasteiger partial charge in [-0.2, -0.15) is 4.68 Å². The molecule has 0 atom stereocenters. The average Bonchev–Trinajstić information content (AvgIpc) is 3.26. The molecule has 3 rings (SSSR count). The number of furan rings is 1.